The number of carbonyl (C=O) groups is 1. The van der Waals surface area contributed by atoms with Gasteiger partial charge in [0, 0.05) is 17.5 Å². The van der Waals surface area contributed by atoms with Crippen molar-refractivity contribution in [1.82, 2.24) is 4.98 Å². The fraction of sp³-hybridized carbons (Fsp3) is 0.333. The topological polar surface area (TPSA) is 65.2 Å². The number of halogens is 1. The summed E-state index contributed by atoms with van der Waals surface area (Å²) in [5.74, 6) is 0.134. The van der Waals surface area contributed by atoms with Crippen molar-refractivity contribution in [3.8, 4) is 0 Å². The maximum absolute atomic E-state index is 10.2. The van der Waals surface area contributed by atoms with Crippen LogP contribution in [0.1, 0.15) is 18.9 Å². The molecule has 5 heteroatoms. The van der Waals surface area contributed by atoms with Crippen LogP contribution < -0.4 is 5.73 Å². The van der Waals surface area contributed by atoms with Crippen LogP contribution in [0.25, 0.3) is 10.9 Å². The van der Waals surface area contributed by atoms with Gasteiger partial charge in [-0.25, -0.2) is 0 Å². The third-order valence-corrected chi connectivity index (χ3v) is 3.33. The fourth-order valence-electron chi connectivity index (χ4n) is 2.04. The lowest BCUT2D eigenvalue weighted by atomic mass is 9.99. The number of carbonyl (C=O) groups excluding carboxylic acids is 1. The third kappa shape index (κ3) is 4.18. The number of aryl methyl sites for hydroxylation is 1. The molecule has 0 bridgehead atoms. The summed E-state index contributed by atoms with van der Waals surface area (Å²) in [4.78, 5) is 14.5. The largest absolute Gasteiger partial charge is 0.449 e. The smallest absolute Gasteiger partial charge is 0.294 e. The Balaban J connectivity index is 0.00000200. The van der Waals surface area contributed by atoms with E-state index in [0.717, 1.165) is 23.7 Å². The first kappa shape index (κ1) is 16.4. The van der Waals surface area contributed by atoms with Gasteiger partial charge < -0.3 is 4.74 Å². The molecular weight excluding hydrogens is 276 g/mol. The van der Waals surface area contributed by atoms with E-state index in [1.54, 1.807) is 6.20 Å². The molecule has 2 unspecified atom stereocenters. The number of pyridine rings is 1. The number of hydrogen-bond donors (Lipinski definition) is 1. The summed E-state index contributed by atoms with van der Waals surface area (Å²) in [6, 6.07) is 10.2. The molecule has 2 N–H and O–H groups in total. The molecule has 0 aliphatic carbocycles. The number of ether oxygens (including phenoxy) is 1. The van der Waals surface area contributed by atoms with E-state index in [1.807, 2.05) is 19.1 Å². The summed E-state index contributed by atoms with van der Waals surface area (Å²) in [5.41, 5.74) is 7.96. The van der Waals surface area contributed by atoms with Crippen molar-refractivity contribution in [3.05, 3.63) is 42.1 Å². The van der Waals surface area contributed by atoms with Gasteiger partial charge in [0.25, 0.3) is 6.47 Å². The van der Waals surface area contributed by atoms with E-state index in [1.165, 1.54) is 5.56 Å². The Bertz CT molecular complexity index is 562. The minimum Gasteiger partial charge on any atom is -0.449 e. The molecule has 2 atom stereocenters. The van der Waals surface area contributed by atoms with Crippen LogP contribution in [0.15, 0.2) is 36.5 Å². The van der Waals surface area contributed by atoms with E-state index in [9.17, 15) is 4.79 Å². The first-order chi connectivity index (χ1) is 9.20. The number of hydrogen-bond acceptors (Lipinski definition) is 4. The Hall–Kier alpha value is -1.65. The van der Waals surface area contributed by atoms with Crippen molar-refractivity contribution in [2.45, 2.75) is 26.0 Å². The van der Waals surface area contributed by atoms with Gasteiger partial charge >= 0.3 is 0 Å². The SMILES string of the molecule is CC(CCc1ccc2ncccc2c1)C(N)OC=O.Cl. The van der Waals surface area contributed by atoms with E-state index < -0.39 is 6.23 Å². The van der Waals surface area contributed by atoms with Gasteiger partial charge in [-0.15, -0.1) is 12.4 Å². The zero-order chi connectivity index (χ0) is 13.7. The van der Waals surface area contributed by atoms with Gasteiger partial charge in [-0.2, -0.15) is 0 Å². The molecule has 1 aromatic carbocycles. The van der Waals surface area contributed by atoms with E-state index in [0.29, 0.717) is 6.47 Å². The van der Waals surface area contributed by atoms with Crippen LogP contribution in [0, 0.1) is 5.92 Å². The van der Waals surface area contributed by atoms with Crippen LogP contribution in [0.2, 0.25) is 0 Å². The van der Waals surface area contributed by atoms with Gasteiger partial charge in [0.05, 0.1) is 5.52 Å². The van der Waals surface area contributed by atoms with Crippen LogP contribution in [0.3, 0.4) is 0 Å². The molecule has 108 valence electrons. The monoisotopic (exact) mass is 294 g/mol. The number of rotatable bonds is 6. The maximum atomic E-state index is 10.2. The predicted molar refractivity (Wildman–Crippen MR) is 81.6 cm³/mol. The minimum atomic E-state index is -0.528. The molecule has 0 spiro atoms. The van der Waals surface area contributed by atoms with Crippen LogP contribution >= 0.6 is 12.4 Å². The minimum absolute atomic E-state index is 0. The van der Waals surface area contributed by atoms with Gasteiger partial charge in [0.15, 0.2) is 6.23 Å². The van der Waals surface area contributed by atoms with Crippen molar-refractivity contribution in [2.24, 2.45) is 11.7 Å². The molecule has 0 saturated heterocycles. The van der Waals surface area contributed by atoms with Gasteiger partial charge in [-0.1, -0.05) is 19.1 Å². The molecule has 0 saturated carbocycles. The summed E-state index contributed by atoms with van der Waals surface area (Å²) in [6.07, 6.45) is 3.04. The molecule has 1 aromatic heterocycles. The average molecular weight is 295 g/mol. The van der Waals surface area contributed by atoms with Crippen molar-refractivity contribution >= 4 is 29.8 Å². The van der Waals surface area contributed by atoms with E-state index in [2.05, 4.69) is 23.2 Å². The first-order valence-electron chi connectivity index (χ1n) is 6.39. The highest BCUT2D eigenvalue weighted by Gasteiger charge is 2.13. The second-order valence-corrected chi connectivity index (χ2v) is 4.74. The van der Waals surface area contributed by atoms with Crippen LogP contribution in [-0.2, 0) is 16.0 Å². The zero-order valence-corrected chi connectivity index (χ0v) is 12.2. The molecule has 0 fully saturated rings. The number of aromatic nitrogens is 1. The first-order valence-corrected chi connectivity index (χ1v) is 6.39. The predicted octanol–water partition coefficient (Wildman–Crippen LogP) is 2.68. The Morgan fingerprint density at radius 1 is 1.40 bits per heavy atom. The average Bonchev–Trinajstić information content (AvgIpc) is 2.44. The zero-order valence-electron chi connectivity index (χ0n) is 11.4. The Kier molecular flexibility index (Phi) is 6.42. The number of benzene rings is 1. The highest BCUT2D eigenvalue weighted by molar-refractivity contribution is 5.85. The lowest BCUT2D eigenvalue weighted by Gasteiger charge is -2.17. The molecule has 20 heavy (non-hydrogen) atoms. The number of fused-ring (bicyclic) bond motifs is 1. The van der Waals surface area contributed by atoms with Crippen molar-refractivity contribution in [1.29, 1.82) is 0 Å². The van der Waals surface area contributed by atoms with E-state index in [-0.39, 0.29) is 18.3 Å². The summed E-state index contributed by atoms with van der Waals surface area (Å²) in [7, 11) is 0. The molecule has 1 heterocycles. The maximum Gasteiger partial charge on any atom is 0.294 e. The van der Waals surface area contributed by atoms with Crippen LogP contribution in [-0.4, -0.2) is 17.7 Å². The third-order valence-electron chi connectivity index (χ3n) is 3.33. The number of nitrogens with zero attached hydrogens (tertiary/aromatic N) is 1. The fourth-order valence-corrected chi connectivity index (χ4v) is 2.04. The van der Waals surface area contributed by atoms with Gasteiger partial charge in [-0.05, 0) is 36.6 Å². The Labute approximate surface area is 124 Å². The highest BCUT2D eigenvalue weighted by Crippen LogP contribution is 2.17. The molecule has 4 nitrogen and oxygen atoms in total. The Morgan fingerprint density at radius 2 is 2.20 bits per heavy atom. The Morgan fingerprint density at radius 3 is 2.95 bits per heavy atom. The second-order valence-electron chi connectivity index (χ2n) is 4.74. The molecule has 0 aliphatic rings. The van der Waals surface area contributed by atoms with Crippen molar-refractivity contribution < 1.29 is 9.53 Å². The van der Waals surface area contributed by atoms with E-state index >= 15 is 0 Å². The molecule has 2 aromatic rings. The molecule has 2 rings (SSSR count). The summed E-state index contributed by atoms with van der Waals surface area (Å²) < 4.78 is 4.75. The second kappa shape index (κ2) is 7.82. The standard InChI is InChI=1S/C15H18N2O2.ClH/c1-11(15(16)19-10-18)4-5-12-6-7-14-13(9-12)3-2-8-17-14;/h2-3,6-11,15H,4-5,16H2,1H3;1H. The molecule has 0 radical (unpaired) electrons. The normalized spacial score (nSPS) is 13.3. The van der Waals surface area contributed by atoms with Crippen LogP contribution in [0.5, 0.6) is 0 Å². The van der Waals surface area contributed by atoms with Gasteiger partial charge in [-0.3, -0.25) is 15.5 Å². The lowest BCUT2D eigenvalue weighted by Crippen LogP contribution is -2.31. The number of nitrogens with two attached hydrogens (primary N) is 1. The molecule has 0 amide bonds. The van der Waals surface area contributed by atoms with Crippen molar-refractivity contribution in [3.63, 3.8) is 0 Å². The molecule has 0 aliphatic heterocycles. The summed E-state index contributed by atoms with van der Waals surface area (Å²) in [6.45, 7) is 2.39. The molecular formula is C15H19ClN2O2. The van der Waals surface area contributed by atoms with E-state index in [4.69, 9.17) is 10.5 Å². The summed E-state index contributed by atoms with van der Waals surface area (Å²) >= 11 is 0. The lowest BCUT2D eigenvalue weighted by molar-refractivity contribution is -0.135. The van der Waals surface area contributed by atoms with Gasteiger partial charge in [0.1, 0.15) is 0 Å². The van der Waals surface area contributed by atoms with Crippen molar-refractivity contribution in [2.75, 3.05) is 0 Å². The van der Waals surface area contributed by atoms with Gasteiger partial charge in [0.2, 0.25) is 0 Å². The highest BCUT2D eigenvalue weighted by atomic mass is 35.5. The summed E-state index contributed by atoms with van der Waals surface area (Å²) in [5, 5.41) is 1.14. The van der Waals surface area contributed by atoms with Crippen LogP contribution in [0.4, 0.5) is 0 Å². The quantitative estimate of drug-likeness (QED) is 0.657.